The predicted octanol–water partition coefficient (Wildman–Crippen LogP) is 3.95. The van der Waals surface area contributed by atoms with E-state index in [9.17, 15) is 13.9 Å². The van der Waals surface area contributed by atoms with E-state index in [-0.39, 0.29) is 35.6 Å². The fourth-order valence-corrected chi connectivity index (χ4v) is 7.26. The van der Waals surface area contributed by atoms with Crippen molar-refractivity contribution in [3.63, 3.8) is 0 Å². The second kappa shape index (κ2) is 16.3. The third-order valence-corrected chi connectivity index (χ3v) is 10.2. The lowest BCUT2D eigenvalue weighted by Crippen LogP contribution is -3.00. The summed E-state index contributed by atoms with van der Waals surface area (Å²) in [6.45, 7) is 4.31. The molecule has 0 spiro atoms. The van der Waals surface area contributed by atoms with E-state index >= 15 is 0 Å². The molecule has 2 aliphatic rings. The van der Waals surface area contributed by atoms with E-state index in [1.807, 2.05) is 0 Å². The highest BCUT2D eigenvalue weighted by atomic mass is 79.9. The van der Waals surface area contributed by atoms with Gasteiger partial charge in [-0.25, -0.2) is 28.1 Å². The molecule has 15 heteroatoms. The Kier molecular flexibility index (Phi) is 11.9. The number of aromatic nitrogens is 6. The van der Waals surface area contributed by atoms with Crippen LogP contribution in [0.15, 0.2) is 113 Å². The molecule has 0 atom stereocenters. The number of ether oxygens (including phenoxy) is 2. The highest BCUT2D eigenvalue weighted by molar-refractivity contribution is 9.10. The zero-order valence-electron chi connectivity index (χ0n) is 27.8. The van der Waals surface area contributed by atoms with Gasteiger partial charge in [0.2, 0.25) is 6.79 Å². The molecule has 8 rings (SSSR count). The van der Waals surface area contributed by atoms with Crippen LogP contribution >= 0.6 is 31.9 Å². The first-order valence-corrected chi connectivity index (χ1v) is 17.8. The normalized spacial score (nSPS) is 14.2. The first kappa shape index (κ1) is 37.7. The van der Waals surface area contributed by atoms with Crippen molar-refractivity contribution in [2.24, 2.45) is 0 Å². The summed E-state index contributed by atoms with van der Waals surface area (Å²) in [7, 11) is 0. The summed E-state index contributed by atoms with van der Waals surface area (Å²) >= 11 is 7.12. The summed E-state index contributed by atoms with van der Waals surface area (Å²) in [4.78, 5) is 7.57. The van der Waals surface area contributed by atoms with Crippen molar-refractivity contribution in [3.05, 3.63) is 153 Å². The lowest BCUT2D eigenvalue weighted by Gasteiger charge is -2.42. The minimum absolute atomic E-state index is 0. The third-order valence-electron chi connectivity index (χ3n) is 9.13. The molecular weight excluding hydrogens is 868 g/mol. The van der Waals surface area contributed by atoms with Crippen molar-refractivity contribution in [1.82, 2.24) is 29.5 Å². The molecule has 10 nitrogen and oxygen atoms in total. The smallest absolute Gasteiger partial charge is 0.231 e. The van der Waals surface area contributed by atoms with Crippen molar-refractivity contribution in [3.8, 4) is 11.5 Å². The third kappa shape index (κ3) is 8.94. The highest BCUT2D eigenvalue weighted by Gasteiger charge is 2.36. The Balaban J connectivity index is 0.000000182. The molecule has 2 aromatic heterocycles. The van der Waals surface area contributed by atoms with E-state index in [2.05, 4.69) is 113 Å². The number of halogens is 5. The van der Waals surface area contributed by atoms with Crippen LogP contribution in [0.2, 0.25) is 0 Å². The van der Waals surface area contributed by atoms with Gasteiger partial charge in [-0.05, 0) is 48.0 Å². The molecular formula is C37H34Br3F2N7O3. The van der Waals surface area contributed by atoms with Crippen LogP contribution in [0.4, 0.5) is 8.78 Å². The van der Waals surface area contributed by atoms with Gasteiger partial charge in [-0.15, -0.1) is 0 Å². The lowest BCUT2D eigenvalue weighted by atomic mass is 9.93. The summed E-state index contributed by atoms with van der Waals surface area (Å²) < 4.78 is 44.5. The standard InChI is InChI=1S/C24H22Br2NO2.C13H12F2N6O.BrH/c25-21-5-1-17(2-6-21)13-27(14-18-3-7-22(26)8-4-18)10-9-19-11-23-24(29-16-28-23)12-20(19)15-27;14-10-1-2-11(12(15)3-10)13(22,4-20-8-16-6-18-20)5-21-9-17-7-19-21;/h1-8,11-12H,9-10,13-16H2;1-3,6-9,22H,4-5H2;1H/q+1;;/p-1. The summed E-state index contributed by atoms with van der Waals surface area (Å²) in [6, 6.07) is 24.9. The second-order valence-electron chi connectivity index (χ2n) is 12.9. The van der Waals surface area contributed by atoms with Crippen LogP contribution in [0.1, 0.15) is 27.8 Å². The molecule has 6 aromatic rings. The van der Waals surface area contributed by atoms with Gasteiger partial charge < -0.3 is 36.0 Å². The number of hydrogen-bond donors (Lipinski definition) is 1. The first-order chi connectivity index (χ1) is 24.7. The number of quaternary nitrogens is 1. The van der Waals surface area contributed by atoms with Crippen LogP contribution in [0.5, 0.6) is 11.5 Å². The molecule has 0 amide bonds. The van der Waals surface area contributed by atoms with Gasteiger partial charge in [0, 0.05) is 43.7 Å². The molecule has 0 radical (unpaired) electrons. The maximum absolute atomic E-state index is 14.1. The fraction of sp³-hybridized carbons (Fsp3) is 0.243. The van der Waals surface area contributed by atoms with Crippen molar-refractivity contribution in [1.29, 1.82) is 0 Å². The van der Waals surface area contributed by atoms with Crippen molar-refractivity contribution in [2.75, 3.05) is 13.3 Å². The number of fused-ring (bicyclic) bond motifs is 2. The van der Waals surface area contributed by atoms with Gasteiger partial charge in [0.05, 0.1) is 19.6 Å². The molecule has 0 saturated carbocycles. The number of aliphatic hydroxyl groups is 1. The topological polar surface area (TPSA) is 100 Å². The number of rotatable bonds is 9. The lowest BCUT2D eigenvalue weighted by molar-refractivity contribution is -0.967. The zero-order valence-corrected chi connectivity index (χ0v) is 32.5. The average Bonchev–Trinajstić information content (AvgIpc) is 3.91. The molecule has 0 bridgehead atoms. The van der Waals surface area contributed by atoms with Crippen LogP contribution in [0.25, 0.3) is 0 Å². The maximum atomic E-state index is 14.1. The Morgan fingerprint density at radius 2 is 1.29 bits per heavy atom. The Bertz CT molecular complexity index is 2000. The predicted molar refractivity (Wildman–Crippen MR) is 191 cm³/mol. The Labute approximate surface area is 326 Å². The monoisotopic (exact) mass is 899 g/mol. The number of nitrogens with zero attached hydrogens (tertiary/aromatic N) is 7. The van der Waals surface area contributed by atoms with Gasteiger partial charge in [0.1, 0.15) is 62.2 Å². The second-order valence-corrected chi connectivity index (χ2v) is 14.7. The van der Waals surface area contributed by atoms with Crippen LogP contribution in [-0.2, 0) is 44.7 Å². The summed E-state index contributed by atoms with van der Waals surface area (Å²) in [5, 5.41) is 18.8. The highest BCUT2D eigenvalue weighted by Crippen LogP contribution is 2.39. The molecule has 52 heavy (non-hydrogen) atoms. The molecule has 270 valence electrons. The average molecular weight is 902 g/mol. The number of hydrogen-bond acceptors (Lipinski definition) is 7. The SMILES string of the molecule is Brc1ccc(C[N+]2(Cc3ccc(Br)cc3)CCc3cc4c(cc3C2)OCO4)cc1.OC(Cn1cncn1)(Cn1cncn1)c1ccc(F)cc1F.[Br-]. The first-order valence-electron chi connectivity index (χ1n) is 16.2. The van der Waals surface area contributed by atoms with Gasteiger partial charge in [-0.2, -0.15) is 10.2 Å². The van der Waals surface area contributed by atoms with E-state index in [0.717, 1.165) is 69.7 Å². The van der Waals surface area contributed by atoms with E-state index in [0.29, 0.717) is 6.79 Å². The molecule has 0 saturated heterocycles. The summed E-state index contributed by atoms with van der Waals surface area (Å²) in [6.07, 6.45) is 6.45. The molecule has 0 fully saturated rings. The zero-order chi connectivity index (χ0) is 35.4. The van der Waals surface area contributed by atoms with Gasteiger partial charge in [0.15, 0.2) is 11.5 Å². The minimum atomic E-state index is -1.70. The quantitative estimate of drug-likeness (QED) is 0.220. The molecule has 4 aromatic carbocycles. The van der Waals surface area contributed by atoms with Crippen LogP contribution < -0.4 is 26.5 Å². The Morgan fingerprint density at radius 3 is 1.79 bits per heavy atom. The Morgan fingerprint density at radius 1 is 0.750 bits per heavy atom. The molecule has 0 unspecified atom stereocenters. The maximum Gasteiger partial charge on any atom is 0.231 e. The minimum Gasteiger partial charge on any atom is -1.00 e. The van der Waals surface area contributed by atoms with Crippen molar-refractivity contribution < 1.29 is 44.8 Å². The van der Waals surface area contributed by atoms with Crippen LogP contribution in [-0.4, -0.2) is 52.5 Å². The molecule has 4 heterocycles. The summed E-state index contributed by atoms with van der Waals surface area (Å²) in [5.74, 6) is 0.216. The van der Waals surface area contributed by atoms with E-state index < -0.39 is 17.2 Å². The van der Waals surface area contributed by atoms with Gasteiger partial charge in [0.25, 0.3) is 0 Å². The van der Waals surface area contributed by atoms with Crippen molar-refractivity contribution in [2.45, 2.75) is 44.7 Å². The van der Waals surface area contributed by atoms with Crippen molar-refractivity contribution >= 4 is 31.9 Å². The molecule has 1 N–H and O–H groups in total. The van der Waals surface area contributed by atoms with E-state index in [4.69, 9.17) is 9.47 Å². The largest absolute Gasteiger partial charge is 1.00 e. The number of benzene rings is 4. The molecule has 0 aliphatic carbocycles. The Hall–Kier alpha value is -4.02. The molecule has 2 aliphatic heterocycles. The van der Waals surface area contributed by atoms with Gasteiger partial charge in [-0.1, -0.05) is 62.2 Å². The van der Waals surface area contributed by atoms with E-state index in [1.54, 1.807) is 0 Å². The van der Waals surface area contributed by atoms with Gasteiger partial charge >= 0.3 is 0 Å². The van der Waals surface area contributed by atoms with Crippen LogP contribution in [0, 0.1) is 11.6 Å². The fourth-order valence-electron chi connectivity index (χ4n) is 6.74. The van der Waals surface area contributed by atoms with E-state index in [1.165, 1.54) is 63.0 Å². The summed E-state index contributed by atoms with van der Waals surface area (Å²) in [5.41, 5.74) is 3.77. The van der Waals surface area contributed by atoms with Gasteiger partial charge in [-0.3, -0.25) is 0 Å². The van der Waals surface area contributed by atoms with Crippen LogP contribution in [0.3, 0.4) is 0 Å².